The van der Waals surface area contributed by atoms with E-state index in [1.807, 2.05) is 0 Å². The van der Waals surface area contributed by atoms with Crippen LogP contribution < -0.4 is 5.32 Å². The fourth-order valence-electron chi connectivity index (χ4n) is 1.38. The van der Waals surface area contributed by atoms with Crippen molar-refractivity contribution in [1.29, 1.82) is 0 Å². The zero-order chi connectivity index (χ0) is 14.0. The number of hydrogen-bond acceptors (Lipinski definition) is 4. The Morgan fingerprint density at radius 2 is 2.06 bits per heavy atom. The van der Waals surface area contributed by atoms with Crippen molar-refractivity contribution in [3.05, 3.63) is 0 Å². The summed E-state index contributed by atoms with van der Waals surface area (Å²) < 4.78 is 4.87. The molecule has 0 bridgehead atoms. The van der Waals surface area contributed by atoms with E-state index in [2.05, 4.69) is 5.32 Å². The van der Waals surface area contributed by atoms with Gasteiger partial charge in [0.1, 0.15) is 0 Å². The van der Waals surface area contributed by atoms with Gasteiger partial charge in [0.05, 0.1) is 13.2 Å². The van der Waals surface area contributed by atoms with Crippen molar-refractivity contribution in [1.82, 2.24) is 10.2 Å². The van der Waals surface area contributed by atoms with Gasteiger partial charge < -0.3 is 25.2 Å². The van der Waals surface area contributed by atoms with Gasteiger partial charge in [-0.3, -0.25) is 4.79 Å². The summed E-state index contributed by atoms with van der Waals surface area (Å²) in [5.74, 6) is -1.02. The van der Waals surface area contributed by atoms with Crippen LogP contribution in [-0.2, 0) is 9.53 Å². The number of aliphatic carboxylic acids is 1. The molecule has 3 N–H and O–H groups in total. The highest BCUT2D eigenvalue weighted by molar-refractivity contribution is 5.74. The molecular weight excluding hydrogens is 240 g/mol. The second kappa shape index (κ2) is 9.67. The van der Waals surface area contributed by atoms with Crippen LogP contribution in [0.4, 0.5) is 4.79 Å². The molecule has 0 aliphatic rings. The van der Waals surface area contributed by atoms with E-state index in [1.165, 1.54) is 12.0 Å². The van der Waals surface area contributed by atoms with Gasteiger partial charge in [-0.15, -0.1) is 0 Å². The topological polar surface area (TPSA) is 99.1 Å². The number of amides is 2. The Hall–Kier alpha value is -1.34. The summed E-state index contributed by atoms with van der Waals surface area (Å²) in [6.45, 7) is 2.92. The number of carbonyl (C=O) groups excluding carboxylic acids is 1. The first-order valence-electron chi connectivity index (χ1n) is 5.85. The van der Waals surface area contributed by atoms with E-state index in [9.17, 15) is 9.59 Å². The molecule has 0 saturated carbocycles. The fourth-order valence-corrected chi connectivity index (χ4v) is 1.38. The molecule has 0 aromatic carbocycles. The first kappa shape index (κ1) is 16.7. The van der Waals surface area contributed by atoms with E-state index in [-0.39, 0.29) is 31.5 Å². The van der Waals surface area contributed by atoms with Gasteiger partial charge >= 0.3 is 12.0 Å². The zero-order valence-electron chi connectivity index (χ0n) is 10.9. The highest BCUT2D eigenvalue weighted by Gasteiger charge is 2.14. The number of urea groups is 1. The molecule has 0 radical (unpaired) electrons. The zero-order valence-corrected chi connectivity index (χ0v) is 10.9. The van der Waals surface area contributed by atoms with Gasteiger partial charge in [0.25, 0.3) is 0 Å². The van der Waals surface area contributed by atoms with Crippen LogP contribution in [0.25, 0.3) is 0 Å². The molecule has 0 spiro atoms. The molecule has 0 fully saturated rings. The van der Waals surface area contributed by atoms with Crippen LogP contribution in [0, 0.1) is 5.92 Å². The molecule has 7 heteroatoms. The first-order chi connectivity index (χ1) is 8.51. The van der Waals surface area contributed by atoms with Gasteiger partial charge in [0.2, 0.25) is 0 Å². The van der Waals surface area contributed by atoms with Crippen molar-refractivity contribution >= 4 is 12.0 Å². The molecular formula is C11H22N2O5. The van der Waals surface area contributed by atoms with Crippen molar-refractivity contribution in [2.75, 3.05) is 40.0 Å². The highest BCUT2D eigenvalue weighted by atomic mass is 16.5. The summed E-state index contributed by atoms with van der Waals surface area (Å²) in [7, 11) is 1.53. The Kier molecular flexibility index (Phi) is 8.95. The molecule has 0 heterocycles. The molecule has 7 nitrogen and oxygen atoms in total. The third-order valence-electron chi connectivity index (χ3n) is 2.35. The average molecular weight is 262 g/mol. The Morgan fingerprint density at radius 3 is 2.56 bits per heavy atom. The van der Waals surface area contributed by atoms with Crippen molar-refractivity contribution < 1.29 is 24.5 Å². The van der Waals surface area contributed by atoms with E-state index >= 15 is 0 Å². The van der Waals surface area contributed by atoms with Crippen molar-refractivity contribution in [3.8, 4) is 0 Å². The van der Waals surface area contributed by atoms with Gasteiger partial charge in [-0.05, 0) is 5.92 Å². The summed E-state index contributed by atoms with van der Waals surface area (Å²) in [6, 6.07) is -0.321. The van der Waals surface area contributed by atoms with Gasteiger partial charge in [-0.1, -0.05) is 6.92 Å². The maximum absolute atomic E-state index is 11.7. The molecule has 0 aliphatic carbocycles. The molecule has 18 heavy (non-hydrogen) atoms. The molecule has 0 rings (SSSR count). The molecule has 0 aromatic rings. The Bertz CT molecular complexity index is 260. The standard InChI is InChI=1S/C11H22N2O5/c1-9(7-10(15)16)8-12-11(17)13(3-5-14)4-6-18-2/h9,14H,3-8H2,1-2H3,(H,12,17)(H,15,16). The first-order valence-corrected chi connectivity index (χ1v) is 5.85. The van der Waals surface area contributed by atoms with Gasteiger partial charge in [-0.2, -0.15) is 0 Å². The third kappa shape index (κ3) is 7.86. The number of methoxy groups -OCH3 is 1. The van der Waals surface area contributed by atoms with Crippen LogP contribution in [0.1, 0.15) is 13.3 Å². The predicted octanol–water partition coefficient (Wildman–Crippen LogP) is -0.252. The number of nitrogens with zero attached hydrogens (tertiary/aromatic N) is 1. The number of nitrogens with one attached hydrogen (secondary N) is 1. The van der Waals surface area contributed by atoms with E-state index in [1.54, 1.807) is 6.92 Å². The van der Waals surface area contributed by atoms with Crippen LogP contribution >= 0.6 is 0 Å². The lowest BCUT2D eigenvalue weighted by atomic mass is 10.1. The SMILES string of the molecule is COCCN(CCO)C(=O)NCC(C)CC(=O)O. The molecule has 1 atom stereocenters. The Labute approximate surface area is 107 Å². The minimum absolute atomic E-state index is 0.0123. The van der Waals surface area contributed by atoms with Crippen LogP contribution in [0.15, 0.2) is 0 Å². The highest BCUT2D eigenvalue weighted by Crippen LogP contribution is 2.00. The van der Waals surface area contributed by atoms with Crippen LogP contribution in [0.5, 0.6) is 0 Å². The number of carboxylic acid groups (broad SMARTS) is 1. The molecule has 0 aromatic heterocycles. The smallest absolute Gasteiger partial charge is 0.317 e. The number of aliphatic hydroxyl groups excluding tert-OH is 1. The predicted molar refractivity (Wildman–Crippen MR) is 65.4 cm³/mol. The summed E-state index contributed by atoms with van der Waals surface area (Å²) in [5.41, 5.74) is 0. The van der Waals surface area contributed by atoms with Crippen molar-refractivity contribution in [2.45, 2.75) is 13.3 Å². The fraction of sp³-hybridized carbons (Fsp3) is 0.818. The molecule has 1 unspecified atom stereocenters. The number of aliphatic hydroxyl groups is 1. The van der Waals surface area contributed by atoms with Crippen molar-refractivity contribution in [2.24, 2.45) is 5.92 Å². The maximum Gasteiger partial charge on any atom is 0.317 e. The maximum atomic E-state index is 11.7. The van der Waals surface area contributed by atoms with Crippen molar-refractivity contribution in [3.63, 3.8) is 0 Å². The summed E-state index contributed by atoms with van der Waals surface area (Å²) in [5, 5.41) is 20.1. The number of carboxylic acids is 1. The number of carbonyl (C=O) groups is 2. The van der Waals surface area contributed by atoms with Gasteiger partial charge in [-0.25, -0.2) is 4.79 Å². The number of ether oxygens (including phenoxy) is 1. The second-order valence-corrected chi connectivity index (χ2v) is 4.09. The summed E-state index contributed by atoms with van der Waals surface area (Å²) >= 11 is 0. The summed E-state index contributed by atoms with van der Waals surface area (Å²) in [4.78, 5) is 23.6. The van der Waals surface area contributed by atoms with Gasteiger partial charge in [0, 0.05) is 33.2 Å². The minimum atomic E-state index is -0.886. The average Bonchev–Trinajstić information content (AvgIpc) is 2.30. The van der Waals surface area contributed by atoms with Crippen LogP contribution in [0.2, 0.25) is 0 Å². The molecule has 0 aliphatic heterocycles. The lowest BCUT2D eigenvalue weighted by molar-refractivity contribution is -0.137. The van der Waals surface area contributed by atoms with E-state index in [0.717, 1.165) is 0 Å². The lowest BCUT2D eigenvalue weighted by Gasteiger charge is -2.22. The summed E-state index contributed by atoms with van der Waals surface area (Å²) in [6.07, 6.45) is 0.0123. The quantitative estimate of drug-likeness (QED) is 0.532. The number of hydrogen-bond donors (Lipinski definition) is 3. The van der Waals surface area contributed by atoms with Crippen LogP contribution in [-0.4, -0.2) is 67.1 Å². The van der Waals surface area contributed by atoms with E-state index in [4.69, 9.17) is 14.9 Å². The molecule has 2 amide bonds. The number of rotatable bonds is 9. The second-order valence-electron chi connectivity index (χ2n) is 4.09. The third-order valence-corrected chi connectivity index (χ3v) is 2.35. The van der Waals surface area contributed by atoms with Crippen LogP contribution in [0.3, 0.4) is 0 Å². The largest absolute Gasteiger partial charge is 0.481 e. The van der Waals surface area contributed by atoms with E-state index in [0.29, 0.717) is 19.7 Å². The normalized spacial score (nSPS) is 11.9. The molecule has 106 valence electrons. The van der Waals surface area contributed by atoms with Gasteiger partial charge in [0.15, 0.2) is 0 Å². The minimum Gasteiger partial charge on any atom is -0.481 e. The Balaban J connectivity index is 4.04. The monoisotopic (exact) mass is 262 g/mol. The Morgan fingerprint density at radius 1 is 1.39 bits per heavy atom. The van der Waals surface area contributed by atoms with E-state index < -0.39 is 5.97 Å². The molecule has 0 saturated heterocycles. The lowest BCUT2D eigenvalue weighted by Crippen LogP contribution is -2.44.